The van der Waals surface area contributed by atoms with Crippen LogP contribution in [0.25, 0.3) is 0 Å². The number of unbranched alkanes of at least 4 members (excludes halogenated alkanes) is 1. The maximum Gasteiger partial charge on any atom is 0.294 e. The summed E-state index contributed by atoms with van der Waals surface area (Å²) < 4.78 is 23.0. The highest BCUT2D eigenvalue weighted by atomic mass is 32.2. The van der Waals surface area contributed by atoms with Crippen LogP contribution < -0.4 is 0 Å². The van der Waals surface area contributed by atoms with Crippen LogP contribution in [0.1, 0.15) is 19.8 Å². The summed E-state index contributed by atoms with van der Waals surface area (Å²) in [6.07, 6.45) is 0.383. The van der Waals surface area contributed by atoms with Crippen LogP contribution in [0.4, 0.5) is 0 Å². The smallest absolute Gasteiger partial charge is 0.294 e. The van der Waals surface area contributed by atoms with Crippen LogP contribution in [-0.2, 0) is 25.5 Å². The maximum atomic E-state index is 12.1. The van der Waals surface area contributed by atoms with Crippen LogP contribution in [0.15, 0.2) is 0 Å². The molecule has 0 radical (unpaired) electrons. The third-order valence-corrected chi connectivity index (χ3v) is 4.99. The largest absolute Gasteiger partial charge is 0.616 e. The van der Waals surface area contributed by atoms with Gasteiger partial charge < -0.3 is 18.9 Å². The molecule has 0 unspecified atom stereocenters. The molecule has 104 valence electrons. The van der Waals surface area contributed by atoms with Crippen molar-refractivity contribution in [2.24, 2.45) is 0 Å². The first-order valence-corrected chi connectivity index (χ1v) is 7.43. The lowest BCUT2D eigenvalue weighted by Gasteiger charge is -2.20. The highest BCUT2D eigenvalue weighted by molar-refractivity contribution is 7.92. The van der Waals surface area contributed by atoms with E-state index in [0.29, 0.717) is 12.4 Å². The first-order chi connectivity index (χ1) is 8.63. The number of ether oxygens (including phenoxy) is 2. The standard InChI is InChI=1S/C10H17NO6S/c1-2-3-4-18(14)8-6-16-9-7(17-11(12)13)5-15-10(8)9/h7-10H,2-6H2,1H3/t7-,8+,9-,10-,18-/m1/s1. The Labute approximate surface area is 108 Å². The van der Waals surface area contributed by atoms with Gasteiger partial charge in [0.25, 0.3) is 5.09 Å². The lowest BCUT2D eigenvalue weighted by molar-refractivity contribution is -0.769. The molecular formula is C10H17NO6S. The van der Waals surface area contributed by atoms with E-state index >= 15 is 0 Å². The van der Waals surface area contributed by atoms with Gasteiger partial charge in [-0.2, -0.15) is 0 Å². The van der Waals surface area contributed by atoms with Gasteiger partial charge in [-0.15, -0.1) is 10.1 Å². The zero-order valence-corrected chi connectivity index (χ0v) is 11.0. The summed E-state index contributed by atoms with van der Waals surface area (Å²) in [5.41, 5.74) is 0. The molecule has 0 aliphatic carbocycles. The Morgan fingerprint density at radius 3 is 2.78 bits per heavy atom. The first kappa shape index (κ1) is 13.9. The molecule has 0 aromatic rings. The Morgan fingerprint density at radius 1 is 1.39 bits per heavy atom. The van der Waals surface area contributed by atoms with Gasteiger partial charge >= 0.3 is 0 Å². The van der Waals surface area contributed by atoms with Gasteiger partial charge in [0.1, 0.15) is 18.0 Å². The topological polar surface area (TPSA) is 93.9 Å². The number of hydrogen-bond acceptors (Lipinski definition) is 6. The summed E-state index contributed by atoms with van der Waals surface area (Å²) in [4.78, 5) is 14.8. The van der Waals surface area contributed by atoms with Crippen LogP contribution >= 0.6 is 0 Å². The third kappa shape index (κ3) is 2.87. The van der Waals surface area contributed by atoms with Gasteiger partial charge in [-0.25, -0.2) is 0 Å². The van der Waals surface area contributed by atoms with Crippen molar-refractivity contribution >= 4 is 11.2 Å². The second kappa shape index (κ2) is 6.05. The van der Waals surface area contributed by atoms with E-state index in [-0.39, 0.29) is 18.0 Å². The van der Waals surface area contributed by atoms with Crippen LogP contribution in [0.5, 0.6) is 0 Å². The minimum atomic E-state index is -1.01. The van der Waals surface area contributed by atoms with E-state index in [4.69, 9.17) is 9.47 Å². The molecule has 0 aromatic heterocycles. The predicted molar refractivity (Wildman–Crippen MR) is 63.1 cm³/mol. The Kier molecular flexibility index (Phi) is 4.66. The normalized spacial score (nSPS) is 36.3. The van der Waals surface area contributed by atoms with Crippen LogP contribution in [0.3, 0.4) is 0 Å². The fourth-order valence-electron chi connectivity index (χ4n) is 2.29. The Bertz CT molecular complexity index is 304. The van der Waals surface area contributed by atoms with E-state index in [1.807, 2.05) is 6.92 Å². The second-order valence-electron chi connectivity index (χ2n) is 4.44. The minimum absolute atomic E-state index is 0.123. The first-order valence-electron chi connectivity index (χ1n) is 6.05. The molecule has 5 atom stereocenters. The predicted octanol–water partition coefficient (Wildman–Crippen LogP) is 0.278. The van der Waals surface area contributed by atoms with Gasteiger partial charge in [0.05, 0.1) is 13.2 Å². The van der Waals surface area contributed by atoms with Crippen molar-refractivity contribution < 1.29 is 24.0 Å². The summed E-state index contributed by atoms with van der Waals surface area (Å²) >= 11 is -1.01. The van der Waals surface area contributed by atoms with Crippen molar-refractivity contribution in [3.63, 3.8) is 0 Å². The lowest BCUT2D eigenvalue weighted by atomic mass is 10.1. The number of rotatable bonds is 6. The second-order valence-corrected chi connectivity index (χ2v) is 6.22. The molecule has 2 fully saturated rings. The van der Waals surface area contributed by atoms with Gasteiger partial charge in [0, 0.05) is 0 Å². The third-order valence-electron chi connectivity index (χ3n) is 3.22. The molecule has 2 heterocycles. The fourth-order valence-corrected chi connectivity index (χ4v) is 3.93. The summed E-state index contributed by atoms with van der Waals surface area (Å²) in [6.45, 7) is 2.49. The molecule has 2 saturated heterocycles. The van der Waals surface area contributed by atoms with E-state index < -0.39 is 28.5 Å². The molecule has 7 nitrogen and oxygen atoms in total. The van der Waals surface area contributed by atoms with Crippen molar-refractivity contribution in [2.45, 2.75) is 43.3 Å². The average molecular weight is 279 g/mol. The van der Waals surface area contributed by atoms with Crippen molar-refractivity contribution in [3.8, 4) is 0 Å². The maximum absolute atomic E-state index is 12.1. The summed E-state index contributed by atoms with van der Waals surface area (Å²) in [5, 5.41) is 9.29. The molecule has 2 aliphatic rings. The SMILES string of the molecule is CCCC[S@@+]([O-])[C@H]1CO[C@H]2[C@@H]1OC[C@H]2O[N+](=O)[O-]. The van der Waals surface area contributed by atoms with Crippen molar-refractivity contribution in [3.05, 3.63) is 10.1 Å². The van der Waals surface area contributed by atoms with E-state index in [2.05, 4.69) is 4.84 Å². The van der Waals surface area contributed by atoms with E-state index in [1.54, 1.807) is 0 Å². The molecule has 2 aliphatic heterocycles. The quantitative estimate of drug-likeness (QED) is 0.394. The van der Waals surface area contributed by atoms with Crippen molar-refractivity contribution in [2.75, 3.05) is 19.0 Å². The summed E-state index contributed by atoms with van der Waals surface area (Å²) in [5.74, 6) is 0.623. The molecule has 0 bridgehead atoms. The molecule has 0 aromatic carbocycles. The minimum Gasteiger partial charge on any atom is -0.616 e. The molecule has 0 saturated carbocycles. The van der Waals surface area contributed by atoms with Crippen molar-refractivity contribution in [1.82, 2.24) is 0 Å². The number of hydrogen-bond donors (Lipinski definition) is 0. The lowest BCUT2D eigenvalue weighted by Crippen LogP contribution is -2.38. The fraction of sp³-hybridized carbons (Fsp3) is 1.00. The molecule has 18 heavy (non-hydrogen) atoms. The zero-order valence-electron chi connectivity index (χ0n) is 10.1. The molecule has 2 rings (SSSR count). The summed E-state index contributed by atoms with van der Waals surface area (Å²) in [6, 6.07) is 0. The van der Waals surface area contributed by atoms with Gasteiger partial charge in [-0.05, 0) is 17.6 Å². The Hall–Kier alpha value is -0.570. The molecule has 0 amide bonds. The average Bonchev–Trinajstić information content (AvgIpc) is 2.88. The molecule has 0 N–H and O–H groups in total. The van der Waals surface area contributed by atoms with Crippen LogP contribution in [0.2, 0.25) is 0 Å². The highest BCUT2D eigenvalue weighted by Crippen LogP contribution is 2.32. The van der Waals surface area contributed by atoms with Gasteiger partial charge in [0.15, 0.2) is 11.4 Å². The van der Waals surface area contributed by atoms with E-state index in [9.17, 15) is 14.7 Å². The highest BCUT2D eigenvalue weighted by Gasteiger charge is 2.53. The van der Waals surface area contributed by atoms with Crippen molar-refractivity contribution in [1.29, 1.82) is 0 Å². The van der Waals surface area contributed by atoms with E-state index in [1.165, 1.54) is 0 Å². The Morgan fingerprint density at radius 2 is 2.11 bits per heavy atom. The summed E-state index contributed by atoms with van der Waals surface area (Å²) in [7, 11) is 0. The Balaban J connectivity index is 1.89. The molecule has 0 spiro atoms. The molecular weight excluding hydrogens is 262 g/mol. The van der Waals surface area contributed by atoms with Crippen LogP contribution in [0, 0.1) is 10.1 Å². The number of nitrogens with zero attached hydrogens (tertiary/aromatic N) is 1. The van der Waals surface area contributed by atoms with Gasteiger partial charge in [-0.3, -0.25) is 0 Å². The van der Waals surface area contributed by atoms with Gasteiger partial charge in [0.2, 0.25) is 0 Å². The molecule has 8 heteroatoms. The zero-order chi connectivity index (χ0) is 13.1. The van der Waals surface area contributed by atoms with Gasteiger partial charge in [-0.1, -0.05) is 13.3 Å². The van der Waals surface area contributed by atoms with Crippen LogP contribution in [-0.4, -0.2) is 52.2 Å². The monoisotopic (exact) mass is 279 g/mol. The number of fused-ring (bicyclic) bond motifs is 1. The van der Waals surface area contributed by atoms with E-state index in [0.717, 1.165) is 12.8 Å².